The van der Waals surface area contributed by atoms with Crippen molar-refractivity contribution in [1.29, 1.82) is 0 Å². The van der Waals surface area contributed by atoms with Crippen LogP contribution in [0.2, 0.25) is 5.02 Å². The molecule has 5 nitrogen and oxygen atoms in total. The van der Waals surface area contributed by atoms with Crippen LogP contribution in [0.5, 0.6) is 0 Å². The molecule has 0 bridgehead atoms. The van der Waals surface area contributed by atoms with E-state index in [1.165, 1.54) is 0 Å². The molecular weight excluding hydrogens is 278 g/mol. The molecule has 1 saturated heterocycles. The number of halogens is 1. The Morgan fingerprint density at radius 2 is 2.20 bits per heavy atom. The molecule has 2 heterocycles. The van der Waals surface area contributed by atoms with Crippen LogP contribution in [0.15, 0.2) is 12.1 Å². The lowest BCUT2D eigenvalue weighted by Gasteiger charge is -2.22. The first kappa shape index (κ1) is 13.4. The minimum atomic E-state index is -0.159. The van der Waals surface area contributed by atoms with Gasteiger partial charge in [-0.3, -0.25) is 9.59 Å². The zero-order chi connectivity index (χ0) is 14.1. The molecular formula is C14H16ClN3O2. The van der Waals surface area contributed by atoms with E-state index < -0.39 is 0 Å². The Hall–Kier alpha value is -1.59. The molecule has 3 N–H and O–H groups in total. The van der Waals surface area contributed by atoms with Gasteiger partial charge in [0.05, 0.1) is 23.2 Å². The summed E-state index contributed by atoms with van der Waals surface area (Å²) in [5, 5.41) is 9.22. The molecule has 0 saturated carbocycles. The summed E-state index contributed by atoms with van der Waals surface area (Å²) in [6, 6.07) is 3.30. The number of benzene rings is 1. The summed E-state index contributed by atoms with van der Waals surface area (Å²) in [4.78, 5) is 23.5. The molecule has 0 aromatic heterocycles. The summed E-state index contributed by atoms with van der Waals surface area (Å²) >= 11 is 6.15. The third-order valence-electron chi connectivity index (χ3n) is 3.70. The predicted octanol–water partition coefficient (Wildman–Crippen LogP) is 1.92. The number of hydrogen-bond acceptors (Lipinski definition) is 3. The lowest BCUT2D eigenvalue weighted by atomic mass is 10.0. The van der Waals surface area contributed by atoms with Crippen molar-refractivity contribution in [2.24, 2.45) is 0 Å². The standard InChI is InChI=1S/C14H16ClN3O2/c15-9-7-11-8(6-13(19)17-11)5-12(9)18-14(20)10-3-1-2-4-16-10/h5,7,10,16H,1-4,6H2,(H,17,19)(H,18,20). The van der Waals surface area contributed by atoms with Gasteiger partial charge in [0.2, 0.25) is 11.8 Å². The minimum Gasteiger partial charge on any atom is -0.325 e. The molecule has 3 rings (SSSR count). The summed E-state index contributed by atoms with van der Waals surface area (Å²) in [6.07, 6.45) is 3.34. The average molecular weight is 294 g/mol. The van der Waals surface area contributed by atoms with E-state index >= 15 is 0 Å². The number of fused-ring (bicyclic) bond motifs is 1. The molecule has 2 amide bonds. The molecule has 1 unspecified atom stereocenters. The first-order valence-electron chi connectivity index (χ1n) is 6.80. The van der Waals surface area contributed by atoms with Crippen molar-refractivity contribution < 1.29 is 9.59 Å². The van der Waals surface area contributed by atoms with Crippen LogP contribution in [0.3, 0.4) is 0 Å². The second kappa shape index (κ2) is 5.42. The van der Waals surface area contributed by atoms with Crippen molar-refractivity contribution >= 4 is 34.8 Å². The molecule has 2 aliphatic heterocycles. The lowest BCUT2D eigenvalue weighted by molar-refractivity contribution is -0.118. The first-order valence-corrected chi connectivity index (χ1v) is 7.18. The van der Waals surface area contributed by atoms with E-state index in [-0.39, 0.29) is 17.9 Å². The van der Waals surface area contributed by atoms with Gasteiger partial charge in [0, 0.05) is 5.69 Å². The normalized spacial score (nSPS) is 21.2. The van der Waals surface area contributed by atoms with E-state index in [0.29, 0.717) is 17.1 Å². The second-order valence-corrected chi connectivity index (χ2v) is 5.61. The largest absolute Gasteiger partial charge is 0.325 e. The van der Waals surface area contributed by atoms with Crippen molar-refractivity contribution in [3.63, 3.8) is 0 Å². The van der Waals surface area contributed by atoms with Crippen molar-refractivity contribution in [3.05, 3.63) is 22.7 Å². The number of rotatable bonds is 2. The molecule has 1 atom stereocenters. The maximum Gasteiger partial charge on any atom is 0.241 e. The smallest absolute Gasteiger partial charge is 0.241 e. The Balaban J connectivity index is 1.76. The molecule has 1 aromatic carbocycles. The van der Waals surface area contributed by atoms with Gasteiger partial charge in [-0.05, 0) is 37.1 Å². The van der Waals surface area contributed by atoms with E-state index in [1.807, 2.05) is 0 Å². The highest BCUT2D eigenvalue weighted by molar-refractivity contribution is 6.34. The molecule has 0 radical (unpaired) electrons. The first-order chi connectivity index (χ1) is 9.63. The molecule has 106 valence electrons. The Bertz CT molecular complexity index is 568. The van der Waals surface area contributed by atoms with Gasteiger partial charge in [0.25, 0.3) is 0 Å². The monoisotopic (exact) mass is 293 g/mol. The van der Waals surface area contributed by atoms with Crippen LogP contribution in [0.1, 0.15) is 24.8 Å². The van der Waals surface area contributed by atoms with Crippen molar-refractivity contribution in [1.82, 2.24) is 5.32 Å². The van der Waals surface area contributed by atoms with Crippen LogP contribution in [0.4, 0.5) is 11.4 Å². The van der Waals surface area contributed by atoms with Crippen LogP contribution in [-0.2, 0) is 16.0 Å². The van der Waals surface area contributed by atoms with E-state index in [4.69, 9.17) is 11.6 Å². The zero-order valence-electron chi connectivity index (χ0n) is 11.0. The summed E-state index contributed by atoms with van der Waals surface area (Å²) in [7, 11) is 0. The highest BCUT2D eigenvalue weighted by atomic mass is 35.5. The van der Waals surface area contributed by atoms with Crippen LogP contribution in [-0.4, -0.2) is 24.4 Å². The van der Waals surface area contributed by atoms with Gasteiger partial charge >= 0.3 is 0 Å². The average Bonchev–Trinajstić information content (AvgIpc) is 2.79. The van der Waals surface area contributed by atoms with Gasteiger partial charge in [-0.2, -0.15) is 0 Å². The lowest BCUT2D eigenvalue weighted by Crippen LogP contribution is -2.43. The van der Waals surface area contributed by atoms with Crippen LogP contribution >= 0.6 is 11.6 Å². The van der Waals surface area contributed by atoms with Crippen LogP contribution in [0.25, 0.3) is 0 Å². The van der Waals surface area contributed by atoms with Gasteiger partial charge < -0.3 is 16.0 Å². The quantitative estimate of drug-likeness (QED) is 0.780. The van der Waals surface area contributed by atoms with Gasteiger partial charge in [-0.15, -0.1) is 0 Å². The number of carbonyl (C=O) groups is 2. The van der Waals surface area contributed by atoms with E-state index in [2.05, 4.69) is 16.0 Å². The summed E-state index contributed by atoms with van der Waals surface area (Å²) in [5.41, 5.74) is 2.17. The second-order valence-electron chi connectivity index (χ2n) is 5.21. The van der Waals surface area contributed by atoms with E-state index in [1.54, 1.807) is 12.1 Å². The summed E-state index contributed by atoms with van der Waals surface area (Å²) < 4.78 is 0. The number of hydrogen-bond donors (Lipinski definition) is 3. The Morgan fingerprint density at radius 3 is 2.95 bits per heavy atom. The van der Waals surface area contributed by atoms with Crippen molar-refractivity contribution in [2.75, 3.05) is 17.2 Å². The highest BCUT2D eigenvalue weighted by Gasteiger charge is 2.23. The molecule has 0 aliphatic carbocycles. The van der Waals surface area contributed by atoms with Crippen LogP contribution in [0, 0.1) is 0 Å². The maximum atomic E-state index is 12.2. The molecule has 2 aliphatic rings. The fourth-order valence-electron chi connectivity index (χ4n) is 2.64. The Kier molecular flexibility index (Phi) is 3.63. The van der Waals surface area contributed by atoms with E-state index in [9.17, 15) is 9.59 Å². The number of nitrogens with one attached hydrogen (secondary N) is 3. The summed E-state index contributed by atoms with van der Waals surface area (Å²) in [6.45, 7) is 0.869. The van der Waals surface area contributed by atoms with Crippen LogP contribution < -0.4 is 16.0 Å². The number of piperidine rings is 1. The predicted molar refractivity (Wildman–Crippen MR) is 78.1 cm³/mol. The molecule has 1 fully saturated rings. The van der Waals surface area contributed by atoms with Gasteiger partial charge in [-0.25, -0.2) is 0 Å². The molecule has 1 aromatic rings. The molecule has 0 spiro atoms. The molecule has 6 heteroatoms. The fraction of sp³-hybridized carbons (Fsp3) is 0.429. The SMILES string of the molecule is O=C1Cc2cc(NC(=O)C3CCCCN3)c(Cl)cc2N1. The topological polar surface area (TPSA) is 70.2 Å². The number of amides is 2. The third kappa shape index (κ3) is 2.64. The van der Waals surface area contributed by atoms with Crippen molar-refractivity contribution in [3.8, 4) is 0 Å². The highest BCUT2D eigenvalue weighted by Crippen LogP contribution is 2.33. The van der Waals surface area contributed by atoms with Gasteiger partial charge in [0.15, 0.2) is 0 Å². The van der Waals surface area contributed by atoms with Crippen molar-refractivity contribution in [2.45, 2.75) is 31.7 Å². The minimum absolute atomic E-state index is 0.0477. The number of carbonyl (C=O) groups excluding carboxylic acids is 2. The maximum absolute atomic E-state index is 12.2. The van der Waals surface area contributed by atoms with E-state index in [0.717, 1.165) is 37.1 Å². The third-order valence-corrected chi connectivity index (χ3v) is 4.02. The fourth-order valence-corrected chi connectivity index (χ4v) is 2.85. The van der Waals surface area contributed by atoms with Gasteiger partial charge in [-0.1, -0.05) is 18.0 Å². The number of anilines is 2. The zero-order valence-corrected chi connectivity index (χ0v) is 11.7. The summed E-state index contributed by atoms with van der Waals surface area (Å²) in [5.74, 6) is -0.114. The Morgan fingerprint density at radius 1 is 1.35 bits per heavy atom. The van der Waals surface area contributed by atoms with Gasteiger partial charge in [0.1, 0.15) is 0 Å². The Labute approximate surface area is 122 Å². The molecule has 20 heavy (non-hydrogen) atoms.